The van der Waals surface area contributed by atoms with Crippen LogP contribution in [0.1, 0.15) is 19.4 Å². The third-order valence-corrected chi connectivity index (χ3v) is 3.19. The molecule has 20 heavy (non-hydrogen) atoms. The van der Waals surface area contributed by atoms with E-state index in [4.69, 9.17) is 10.00 Å². The highest BCUT2D eigenvalue weighted by Gasteiger charge is 2.29. The normalized spacial score (nSPS) is 18.7. The second-order valence-corrected chi connectivity index (χ2v) is 5.11. The molecule has 0 saturated carbocycles. The SMILES string of the molecule is CC(C)NC(=O)C1COCCN1c1ccc(C#N)cc1. The van der Waals surface area contributed by atoms with E-state index in [0.717, 1.165) is 5.69 Å². The van der Waals surface area contributed by atoms with E-state index < -0.39 is 0 Å². The molecule has 1 fully saturated rings. The molecular formula is C15H19N3O2. The Morgan fingerprint density at radius 2 is 2.15 bits per heavy atom. The largest absolute Gasteiger partial charge is 0.377 e. The summed E-state index contributed by atoms with van der Waals surface area (Å²) in [6, 6.07) is 9.16. The second kappa shape index (κ2) is 6.40. The lowest BCUT2D eigenvalue weighted by Gasteiger charge is -2.36. The van der Waals surface area contributed by atoms with Crippen LogP contribution in [0.2, 0.25) is 0 Å². The molecule has 0 aromatic heterocycles. The summed E-state index contributed by atoms with van der Waals surface area (Å²) in [6.45, 7) is 5.54. The van der Waals surface area contributed by atoms with Gasteiger partial charge in [0.15, 0.2) is 0 Å². The summed E-state index contributed by atoms with van der Waals surface area (Å²) < 4.78 is 5.43. The number of nitrogens with one attached hydrogen (secondary N) is 1. The van der Waals surface area contributed by atoms with E-state index in [9.17, 15) is 4.79 Å². The van der Waals surface area contributed by atoms with Crippen molar-refractivity contribution in [2.75, 3.05) is 24.7 Å². The highest BCUT2D eigenvalue weighted by molar-refractivity contribution is 5.85. The lowest BCUT2D eigenvalue weighted by molar-refractivity contribution is -0.125. The Balaban J connectivity index is 2.17. The van der Waals surface area contributed by atoms with Crippen LogP contribution >= 0.6 is 0 Å². The van der Waals surface area contributed by atoms with Gasteiger partial charge < -0.3 is 15.0 Å². The zero-order valence-electron chi connectivity index (χ0n) is 11.8. The maximum absolute atomic E-state index is 12.2. The van der Waals surface area contributed by atoms with Gasteiger partial charge in [-0.2, -0.15) is 5.26 Å². The van der Waals surface area contributed by atoms with Crippen molar-refractivity contribution in [3.05, 3.63) is 29.8 Å². The minimum atomic E-state index is -0.320. The van der Waals surface area contributed by atoms with Crippen molar-refractivity contribution in [2.45, 2.75) is 25.9 Å². The lowest BCUT2D eigenvalue weighted by Crippen LogP contribution is -2.55. The molecule has 1 unspecified atom stereocenters. The summed E-state index contributed by atoms with van der Waals surface area (Å²) in [4.78, 5) is 14.3. The van der Waals surface area contributed by atoms with Crippen LogP contribution in [0.3, 0.4) is 0 Å². The Morgan fingerprint density at radius 3 is 2.75 bits per heavy atom. The Hall–Kier alpha value is -2.06. The molecule has 1 aromatic rings. The van der Waals surface area contributed by atoms with Crippen LogP contribution in [-0.4, -0.2) is 37.7 Å². The first-order chi connectivity index (χ1) is 9.61. The maximum Gasteiger partial charge on any atom is 0.245 e. The summed E-state index contributed by atoms with van der Waals surface area (Å²) in [5.41, 5.74) is 1.56. The molecule has 0 spiro atoms. The number of nitriles is 1. The molecule has 0 radical (unpaired) electrons. The van der Waals surface area contributed by atoms with Crippen molar-refractivity contribution in [3.63, 3.8) is 0 Å². The first-order valence-electron chi connectivity index (χ1n) is 6.76. The van der Waals surface area contributed by atoms with Crippen molar-refractivity contribution in [1.82, 2.24) is 5.32 Å². The molecule has 1 aliphatic rings. The first-order valence-corrected chi connectivity index (χ1v) is 6.76. The van der Waals surface area contributed by atoms with E-state index in [2.05, 4.69) is 11.4 Å². The first kappa shape index (κ1) is 14.4. The minimum absolute atomic E-state index is 0.0240. The number of amides is 1. The van der Waals surface area contributed by atoms with Crippen molar-refractivity contribution >= 4 is 11.6 Å². The van der Waals surface area contributed by atoms with Crippen LogP contribution in [0, 0.1) is 11.3 Å². The van der Waals surface area contributed by atoms with E-state index >= 15 is 0 Å². The zero-order chi connectivity index (χ0) is 14.5. The number of carbonyl (C=O) groups is 1. The maximum atomic E-state index is 12.2. The average molecular weight is 273 g/mol. The number of ether oxygens (including phenoxy) is 1. The number of nitrogens with zero attached hydrogens (tertiary/aromatic N) is 2. The molecule has 1 N–H and O–H groups in total. The quantitative estimate of drug-likeness (QED) is 0.901. The lowest BCUT2D eigenvalue weighted by atomic mass is 10.1. The molecule has 1 saturated heterocycles. The number of morpholine rings is 1. The predicted molar refractivity (Wildman–Crippen MR) is 76.4 cm³/mol. The molecule has 1 amide bonds. The fraction of sp³-hybridized carbons (Fsp3) is 0.467. The van der Waals surface area contributed by atoms with Gasteiger partial charge in [0.05, 0.1) is 24.8 Å². The van der Waals surface area contributed by atoms with E-state index in [1.165, 1.54) is 0 Å². The van der Waals surface area contributed by atoms with Gasteiger partial charge >= 0.3 is 0 Å². The van der Waals surface area contributed by atoms with Gasteiger partial charge in [0.25, 0.3) is 0 Å². The fourth-order valence-corrected chi connectivity index (χ4v) is 2.24. The third-order valence-electron chi connectivity index (χ3n) is 3.19. The van der Waals surface area contributed by atoms with Crippen molar-refractivity contribution in [3.8, 4) is 6.07 Å². The molecule has 1 aliphatic heterocycles. The van der Waals surface area contributed by atoms with Gasteiger partial charge in [-0.05, 0) is 38.1 Å². The molecule has 5 nitrogen and oxygen atoms in total. The second-order valence-electron chi connectivity index (χ2n) is 5.11. The summed E-state index contributed by atoms with van der Waals surface area (Å²) >= 11 is 0. The van der Waals surface area contributed by atoms with Crippen LogP contribution in [0.4, 0.5) is 5.69 Å². The molecule has 1 aromatic carbocycles. The fourth-order valence-electron chi connectivity index (χ4n) is 2.24. The number of benzene rings is 1. The Morgan fingerprint density at radius 1 is 1.45 bits per heavy atom. The van der Waals surface area contributed by atoms with Crippen LogP contribution in [0.15, 0.2) is 24.3 Å². The monoisotopic (exact) mass is 273 g/mol. The van der Waals surface area contributed by atoms with Gasteiger partial charge in [-0.3, -0.25) is 4.79 Å². The standard InChI is InChI=1S/C15H19N3O2/c1-11(2)17-15(19)14-10-20-8-7-18(14)13-5-3-12(9-16)4-6-13/h3-6,11,14H,7-8,10H2,1-2H3,(H,17,19). The van der Waals surface area contributed by atoms with E-state index in [0.29, 0.717) is 25.3 Å². The average Bonchev–Trinajstić information content (AvgIpc) is 2.46. The van der Waals surface area contributed by atoms with Gasteiger partial charge in [-0.1, -0.05) is 0 Å². The van der Waals surface area contributed by atoms with E-state index in [1.807, 2.05) is 30.9 Å². The molecule has 1 atom stereocenters. The van der Waals surface area contributed by atoms with Crippen LogP contribution < -0.4 is 10.2 Å². The summed E-state index contributed by atoms with van der Waals surface area (Å²) in [6.07, 6.45) is 0. The predicted octanol–water partition coefficient (Wildman–Crippen LogP) is 1.29. The molecule has 1 heterocycles. The number of hydrogen-bond donors (Lipinski definition) is 1. The summed E-state index contributed by atoms with van der Waals surface area (Å²) in [5.74, 6) is -0.0240. The molecule has 0 aliphatic carbocycles. The van der Waals surface area contributed by atoms with Gasteiger partial charge in [-0.15, -0.1) is 0 Å². The third kappa shape index (κ3) is 3.28. The van der Waals surface area contributed by atoms with Crippen molar-refractivity contribution in [1.29, 1.82) is 5.26 Å². The summed E-state index contributed by atoms with van der Waals surface area (Å²) in [5, 5.41) is 11.8. The highest BCUT2D eigenvalue weighted by Crippen LogP contribution is 2.20. The van der Waals surface area contributed by atoms with Gasteiger partial charge in [0, 0.05) is 18.3 Å². The molecule has 2 rings (SSSR count). The van der Waals surface area contributed by atoms with Crippen LogP contribution in [0.5, 0.6) is 0 Å². The summed E-state index contributed by atoms with van der Waals surface area (Å²) in [7, 11) is 0. The van der Waals surface area contributed by atoms with Gasteiger partial charge in [-0.25, -0.2) is 0 Å². The Bertz CT molecular complexity index is 505. The Kier molecular flexibility index (Phi) is 4.59. The number of rotatable bonds is 3. The zero-order valence-corrected chi connectivity index (χ0v) is 11.8. The smallest absolute Gasteiger partial charge is 0.245 e. The van der Waals surface area contributed by atoms with E-state index in [1.54, 1.807) is 12.1 Å². The van der Waals surface area contributed by atoms with Crippen LogP contribution in [-0.2, 0) is 9.53 Å². The van der Waals surface area contributed by atoms with Gasteiger partial charge in [0.2, 0.25) is 5.91 Å². The number of carbonyl (C=O) groups excluding carboxylic acids is 1. The van der Waals surface area contributed by atoms with E-state index in [-0.39, 0.29) is 18.0 Å². The van der Waals surface area contributed by atoms with Gasteiger partial charge in [0.1, 0.15) is 6.04 Å². The minimum Gasteiger partial charge on any atom is -0.377 e. The highest BCUT2D eigenvalue weighted by atomic mass is 16.5. The molecular weight excluding hydrogens is 254 g/mol. The van der Waals surface area contributed by atoms with Crippen molar-refractivity contribution < 1.29 is 9.53 Å². The molecule has 106 valence electrons. The van der Waals surface area contributed by atoms with Crippen molar-refractivity contribution in [2.24, 2.45) is 0 Å². The number of hydrogen-bond acceptors (Lipinski definition) is 4. The molecule has 0 bridgehead atoms. The topological polar surface area (TPSA) is 65.4 Å². The molecule has 5 heteroatoms. The Labute approximate surface area is 119 Å². The van der Waals surface area contributed by atoms with Crippen LogP contribution in [0.25, 0.3) is 0 Å². The number of anilines is 1.